The van der Waals surface area contributed by atoms with E-state index >= 15 is 0 Å². The molecule has 5 heteroatoms. The van der Waals surface area contributed by atoms with Crippen molar-refractivity contribution in [2.75, 3.05) is 6.54 Å². The van der Waals surface area contributed by atoms with E-state index in [0.29, 0.717) is 19.0 Å². The molecule has 3 rings (SSSR count). The average Bonchev–Trinajstić information content (AvgIpc) is 3.25. The third-order valence-electron chi connectivity index (χ3n) is 4.19. The molecule has 114 valence electrons. The fourth-order valence-corrected chi connectivity index (χ4v) is 2.53. The van der Waals surface area contributed by atoms with Crippen LogP contribution < -0.4 is 11.1 Å². The fraction of sp³-hybridized carbons (Fsp3) is 0.438. The van der Waals surface area contributed by atoms with Gasteiger partial charge in [-0.3, -0.25) is 0 Å². The highest BCUT2D eigenvalue weighted by atomic mass is 35.5. The first-order chi connectivity index (χ1) is 9.71. The Hall–Kier alpha value is -1.36. The number of benzene rings is 1. The van der Waals surface area contributed by atoms with Crippen LogP contribution in [0.1, 0.15) is 25.5 Å². The van der Waals surface area contributed by atoms with Gasteiger partial charge in [0.05, 0.1) is 5.69 Å². The third-order valence-corrected chi connectivity index (χ3v) is 4.19. The molecule has 0 amide bonds. The minimum atomic E-state index is 0. The molecule has 3 N–H and O–H groups in total. The summed E-state index contributed by atoms with van der Waals surface area (Å²) in [6.07, 6.45) is 2.55. The minimum Gasteiger partial charge on any atom is -0.356 e. The maximum atomic E-state index is 5.90. The van der Waals surface area contributed by atoms with E-state index in [9.17, 15) is 0 Å². The van der Waals surface area contributed by atoms with Crippen molar-refractivity contribution in [1.29, 1.82) is 0 Å². The maximum Gasteiger partial charge on any atom is 0.167 e. The summed E-state index contributed by atoms with van der Waals surface area (Å²) in [5.74, 6) is 1.51. The van der Waals surface area contributed by atoms with Gasteiger partial charge in [-0.05, 0) is 25.7 Å². The molecular weight excluding hydrogens is 286 g/mol. The van der Waals surface area contributed by atoms with Gasteiger partial charge < -0.3 is 15.6 Å². The van der Waals surface area contributed by atoms with Crippen molar-refractivity contribution in [3.63, 3.8) is 0 Å². The zero-order valence-electron chi connectivity index (χ0n) is 12.2. The van der Waals surface area contributed by atoms with Gasteiger partial charge >= 0.3 is 0 Å². The SMILES string of the molecule is CC(CN)(NCc1cc(-c2ccccc2)on1)C1CC1.Cl. The molecule has 1 aromatic heterocycles. The van der Waals surface area contributed by atoms with Gasteiger partial charge in [0.2, 0.25) is 0 Å². The van der Waals surface area contributed by atoms with E-state index in [2.05, 4.69) is 17.4 Å². The first kappa shape index (κ1) is 16.0. The molecule has 0 saturated heterocycles. The molecule has 4 nitrogen and oxygen atoms in total. The Kier molecular flexibility index (Phi) is 5.04. The summed E-state index contributed by atoms with van der Waals surface area (Å²) >= 11 is 0. The van der Waals surface area contributed by atoms with Gasteiger partial charge in [0.15, 0.2) is 5.76 Å². The van der Waals surface area contributed by atoms with Gasteiger partial charge in [-0.1, -0.05) is 35.5 Å². The zero-order valence-corrected chi connectivity index (χ0v) is 13.0. The summed E-state index contributed by atoms with van der Waals surface area (Å²) in [4.78, 5) is 0. The Bertz CT molecular complexity index is 568. The lowest BCUT2D eigenvalue weighted by molar-refractivity contribution is 0.311. The molecule has 1 saturated carbocycles. The highest BCUT2D eigenvalue weighted by Crippen LogP contribution is 2.39. The predicted molar refractivity (Wildman–Crippen MR) is 86.2 cm³/mol. The van der Waals surface area contributed by atoms with E-state index in [0.717, 1.165) is 17.0 Å². The smallest absolute Gasteiger partial charge is 0.167 e. The van der Waals surface area contributed by atoms with Crippen LogP contribution in [-0.4, -0.2) is 17.2 Å². The molecule has 21 heavy (non-hydrogen) atoms. The van der Waals surface area contributed by atoms with Gasteiger partial charge in [-0.25, -0.2) is 0 Å². The van der Waals surface area contributed by atoms with Gasteiger partial charge in [0, 0.05) is 30.3 Å². The number of hydrogen-bond acceptors (Lipinski definition) is 4. The lowest BCUT2D eigenvalue weighted by Crippen LogP contribution is -2.50. The quantitative estimate of drug-likeness (QED) is 0.861. The van der Waals surface area contributed by atoms with Crippen molar-refractivity contribution in [1.82, 2.24) is 10.5 Å². The van der Waals surface area contributed by atoms with Gasteiger partial charge in [0.1, 0.15) is 0 Å². The molecular formula is C16H22ClN3O. The Morgan fingerprint density at radius 1 is 1.33 bits per heavy atom. The van der Waals surface area contributed by atoms with Crippen LogP contribution in [0.2, 0.25) is 0 Å². The van der Waals surface area contributed by atoms with Crippen LogP contribution in [-0.2, 0) is 6.54 Å². The molecule has 1 unspecified atom stereocenters. The Morgan fingerprint density at radius 2 is 2.05 bits per heavy atom. The molecule has 1 aliphatic carbocycles. The van der Waals surface area contributed by atoms with Gasteiger partial charge in [-0.15, -0.1) is 12.4 Å². The van der Waals surface area contributed by atoms with Crippen molar-refractivity contribution < 1.29 is 4.52 Å². The minimum absolute atomic E-state index is 0. The van der Waals surface area contributed by atoms with Crippen LogP contribution in [0.15, 0.2) is 40.9 Å². The average molecular weight is 308 g/mol. The number of nitrogens with one attached hydrogen (secondary N) is 1. The molecule has 1 aromatic carbocycles. The van der Waals surface area contributed by atoms with Crippen molar-refractivity contribution >= 4 is 12.4 Å². The number of nitrogens with two attached hydrogens (primary N) is 1. The topological polar surface area (TPSA) is 64.1 Å². The number of halogens is 1. The van der Waals surface area contributed by atoms with Gasteiger partial charge in [-0.2, -0.15) is 0 Å². The molecule has 0 radical (unpaired) electrons. The van der Waals surface area contributed by atoms with Crippen LogP contribution in [0.4, 0.5) is 0 Å². The number of nitrogens with zero attached hydrogens (tertiary/aromatic N) is 1. The van der Waals surface area contributed by atoms with E-state index in [1.54, 1.807) is 0 Å². The van der Waals surface area contributed by atoms with E-state index in [-0.39, 0.29) is 17.9 Å². The Labute approximate surface area is 131 Å². The molecule has 0 spiro atoms. The van der Waals surface area contributed by atoms with E-state index in [4.69, 9.17) is 10.3 Å². The molecule has 2 aromatic rings. The molecule has 0 aliphatic heterocycles. The number of hydrogen-bond donors (Lipinski definition) is 2. The second-order valence-corrected chi connectivity index (χ2v) is 5.80. The van der Waals surface area contributed by atoms with Crippen LogP contribution >= 0.6 is 12.4 Å². The predicted octanol–water partition coefficient (Wildman–Crippen LogP) is 2.98. The Morgan fingerprint density at radius 3 is 2.67 bits per heavy atom. The normalized spacial score (nSPS) is 17.0. The fourth-order valence-electron chi connectivity index (χ4n) is 2.53. The summed E-state index contributed by atoms with van der Waals surface area (Å²) in [6.45, 7) is 3.55. The first-order valence-corrected chi connectivity index (χ1v) is 7.17. The summed E-state index contributed by atoms with van der Waals surface area (Å²) in [6, 6.07) is 12.0. The second kappa shape index (κ2) is 6.60. The van der Waals surface area contributed by atoms with Crippen molar-refractivity contribution in [2.24, 2.45) is 11.7 Å². The van der Waals surface area contributed by atoms with Crippen LogP contribution in [0.25, 0.3) is 11.3 Å². The van der Waals surface area contributed by atoms with Crippen molar-refractivity contribution in [3.8, 4) is 11.3 Å². The van der Waals surface area contributed by atoms with Gasteiger partial charge in [0.25, 0.3) is 0 Å². The number of aromatic nitrogens is 1. The largest absolute Gasteiger partial charge is 0.356 e. The van der Waals surface area contributed by atoms with Crippen molar-refractivity contribution in [3.05, 3.63) is 42.1 Å². The maximum absolute atomic E-state index is 5.90. The highest BCUT2D eigenvalue weighted by molar-refractivity contribution is 5.85. The summed E-state index contributed by atoms with van der Waals surface area (Å²) in [5.41, 5.74) is 7.89. The highest BCUT2D eigenvalue weighted by Gasteiger charge is 2.40. The lowest BCUT2D eigenvalue weighted by Gasteiger charge is -2.29. The molecule has 1 atom stereocenters. The second-order valence-electron chi connectivity index (χ2n) is 5.80. The Balaban J connectivity index is 0.00000161. The molecule has 1 fully saturated rings. The third kappa shape index (κ3) is 3.64. The monoisotopic (exact) mass is 307 g/mol. The van der Waals surface area contributed by atoms with Crippen molar-refractivity contribution in [2.45, 2.75) is 31.8 Å². The summed E-state index contributed by atoms with van der Waals surface area (Å²) < 4.78 is 5.40. The first-order valence-electron chi connectivity index (χ1n) is 7.17. The molecule has 1 aliphatic rings. The standard InChI is InChI=1S/C16H21N3O.ClH/c1-16(11-17,13-7-8-13)18-10-14-9-15(20-19-14)12-5-3-2-4-6-12;/h2-6,9,13,18H,7-8,10-11,17H2,1H3;1H. The van der Waals surface area contributed by atoms with E-state index < -0.39 is 0 Å². The van der Waals surface area contributed by atoms with E-state index in [1.807, 2.05) is 36.4 Å². The summed E-state index contributed by atoms with van der Waals surface area (Å²) in [7, 11) is 0. The number of rotatable bonds is 6. The lowest BCUT2D eigenvalue weighted by atomic mass is 9.96. The summed E-state index contributed by atoms with van der Waals surface area (Å²) in [5, 5.41) is 7.67. The van der Waals surface area contributed by atoms with Crippen LogP contribution in [0.3, 0.4) is 0 Å². The van der Waals surface area contributed by atoms with Crippen LogP contribution in [0, 0.1) is 5.92 Å². The molecule has 1 heterocycles. The van der Waals surface area contributed by atoms with Crippen LogP contribution in [0.5, 0.6) is 0 Å². The molecule has 0 bridgehead atoms. The van der Waals surface area contributed by atoms with E-state index in [1.165, 1.54) is 12.8 Å². The zero-order chi connectivity index (χ0) is 14.0.